The Balaban J connectivity index is 1.25. The van der Waals surface area contributed by atoms with E-state index in [1.165, 1.54) is 24.3 Å². The first-order valence-corrected chi connectivity index (χ1v) is 11.4. The lowest BCUT2D eigenvalue weighted by atomic mass is 9.89. The number of pyridine rings is 1. The summed E-state index contributed by atoms with van der Waals surface area (Å²) in [7, 11) is 2.12. The predicted octanol–water partition coefficient (Wildman–Crippen LogP) is 4.30. The minimum Gasteiger partial charge on any atom is -0.406 e. The van der Waals surface area contributed by atoms with Gasteiger partial charge in [-0.1, -0.05) is 0 Å². The number of hydrogen-bond donors (Lipinski definition) is 1. The number of halogens is 3. The van der Waals surface area contributed by atoms with Crippen LogP contribution in [-0.2, 0) is 0 Å². The summed E-state index contributed by atoms with van der Waals surface area (Å²) in [5.41, 5.74) is 3.22. The molecule has 3 aromatic rings. The van der Waals surface area contributed by atoms with Gasteiger partial charge in [0.25, 0.3) is 5.91 Å². The number of aromatic amines is 1. The van der Waals surface area contributed by atoms with Gasteiger partial charge in [0.05, 0.1) is 0 Å². The van der Waals surface area contributed by atoms with Gasteiger partial charge < -0.3 is 19.5 Å². The summed E-state index contributed by atoms with van der Waals surface area (Å²) in [5, 5.41) is 0. The molecule has 34 heavy (non-hydrogen) atoms. The van der Waals surface area contributed by atoms with Gasteiger partial charge in [-0.25, -0.2) is 9.97 Å². The maximum absolute atomic E-state index is 12.9. The Kier molecular flexibility index (Phi) is 5.93. The predicted molar refractivity (Wildman–Crippen MR) is 120 cm³/mol. The zero-order valence-corrected chi connectivity index (χ0v) is 18.8. The Labute approximate surface area is 194 Å². The first-order valence-electron chi connectivity index (χ1n) is 11.4. The van der Waals surface area contributed by atoms with E-state index in [4.69, 9.17) is 4.98 Å². The number of hydrogen-bond acceptors (Lipinski definition) is 5. The van der Waals surface area contributed by atoms with E-state index in [1.54, 1.807) is 4.90 Å². The van der Waals surface area contributed by atoms with E-state index >= 15 is 0 Å². The molecule has 4 heterocycles. The lowest BCUT2D eigenvalue weighted by molar-refractivity contribution is -0.274. The van der Waals surface area contributed by atoms with Crippen LogP contribution >= 0.6 is 0 Å². The number of benzene rings is 1. The van der Waals surface area contributed by atoms with Gasteiger partial charge in [-0.3, -0.25) is 4.79 Å². The maximum atomic E-state index is 12.9. The molecule has 2 aromatic heterocycles. The Morgan fingerprint density at radius 2 is 1.76 bits per heavy atom. The topological polar surface area (TPSA) is 74.3 Å². The molecule has 0 unspecified atom stereocenters. The highest BCUT2D eigenvalue weighted by Gasteiger charge is 2.32. The number of H-pyrrole nitrogens is 1. The lowest BCUT2D eigenvalue weighted by Gasteiger charge is -2.32. The van der Waals surface area contributed by atoms with Crippen LogP contribution in [0.1, 0.15) is 52.8 Å². The molecular formula is C24H26F3N5O2. The lowest BCUT2D eigenvalue weighted by Crippen LogP contribution is -2.38. The molecule has 0 spiro atoms. The molecule has 0 aliphatic carbocycles. The molecule has 1 N–H and O–H groups in total. The van der Waals surface area contributed by atoms with Gasteiger partial charge in [-0.15, -0.1) is 13.2 Å². The average molecular weight is 473 g/mol. The molecule has 1 amide bonds. The van der Waals surface area contributed by atoms with Crippen molar-refractivity contribution in [1.82, 2.24) is 24.8 Å². The summed E-state index contributed by atoms with van der Waals surface area (Å²) in [6.07, 6.45) is -0.296. The van der Waals surface area contributed by atoms with Crippen LogP contribution in [0.5, 0.6) is 5.75 Å². The Hall–Kier alpha value is -3.14. The number of likely N-dealkylation sites (tertiary alicyclic amines) is 2. The van der Waals surface area contributed by atoms with Crippen molar-refractivity contribution in [2.45, 2.75) is 37.5 Å². The molecule has 2 fully saturated rings. The Morgan fingerprint density at radius 1 is 1.06 bits per heavy atom. The number of ether oxygens (including phenoxy) is 1. The number of carbonyl (C=O) groups is 1. The molecule has 7 nitrogen and oxygen atoms in total. The molecule has 2 aliphatic rings. The van der Waals surface area contributed by atoms with Crippen molar-refractivity contribution in [1.29, 1.82) is 0 Å². The van der Waals surface area contributed by atoms with E-state index in [-0.39, 0.29) is 17.6 Å². The van der Waals surface area contributed by atoms with Crippen molar-refractivity contribution in [3.05, 3.63) is 53.5 Å². The summed E-state index contributed by atoms with van der Waals surface area (Å²) in [6, 6.07) is 7.09. The zero-order valence-electron chi connectivity index (χ0n) is 18.8. The number of nitrogens with zero attached hydrogens (tertiary/aromatic N) is 4. The number of fused-ring (bicyclic) bond motifs is 1. The van der Waals surface area contributed by atoms with Crippen molar-refractivity contribution in [2.75, 3.05) is 33.2 Å². The minimum absolute atomic E-state index is 0.190. The standard InChI is InChI=1S/C24H26F3N5O2/c1-31-11-7-17(14-31)21-29-20-19(6-10-28-22(20)30-21)15-8-12-32(13-9-15)23(33)16-2-4-18(5-3-16)34-24(25,26)27/h2-6,10,15,17H,7-9,11-14H2,1H3,(H,28,29,30)/t17-/m0/s1. The van der Waals surface area contributed by atoms with E-state index < -0.39 is 6.36 Å². The third kappa shape index (κ3) is 4.72. The first-order chi connectivity index (χ1) is 16.3. The fraction of sp³-hybridized carbons (Fsp3) is 0.458. The number of carbonyl (C=O) groups excluding carboxylic acids is 1. The summed E-state index contributed by atoms with van der Waals surface area (Å²) in [6.45, 7) is 3.18. The normalized spacial score (nSPS) is 20.2. The Bertz CT molecular complexity index is 1170. The number of likely N-dealkylation sites (N-methyl/N-ethyl adjacent to an activating group) is 1. The van der Waals surface area contributed by atoms with Crippen LogP contribution in [0.3, 0.4) is 0 Å². The minimum atomic E-state index is -4.76. The molecule has 1 aromatic carbocycles. The molecular weight excluding hydrogens is 447 g/mol. The van der Waals surface area contributed by atoms with Crippen LogP contribution in [-0.4, -0.2) is 70.2 Å². The average Bonchev–Trinajstić information content (AvgIpc) is 3.44. The quantitative estimate of drug-likeness (QED) is 0.612. The summed E-state index contributed by atoms with van der Waals surface area (Å²) in [5.74, 6) is 1.11. The number of imidazole rings is 1. The highest BCUT2D eigenvalue weighted by atomic mass is 19.4. The number of nitrogens with one attached hydrogen (secondary N) is 1. The molecule has 0 saturated carbocycles. The number of amides is 1. The second-order valence-corrected chi connectivity index (χ2v) is 9.11. The second kappa shape index (κ2) is 8.90. The van der Waals surface area contributed by atoms with Gasteiger partial charge in [-0.2, -0.15) is 0 Å². The van der Waals surface area contributed by atoms with E-state index in [1.807, 2.05) is 12.3 Å². The highest BCUT2D eigenvalue weighted by molar-refractivity contribution is 5.94. The smallest absolute Gasteiger partial charge is 0.406 e. The molecule has 2 aliphatic heterocycles. The van der Waals surface area contributed by atoms with Crippen molar-refractivity contribution < 1.29 is 22.7 Å². The van der Waals surface area contributed by atoms with Crippen molar-refractivity contribution in [2.24, 2.45) is 0 Å². The summed E-state index contributed by atoms with van der Waals surface area (Å²) < 4.78 is 40.9. The molecule has 1 atom stereocenters. The number of aromatic nitrogens is 3. The third-order valence-corrected chi connectivity index (χ3v) is 6.77. The van der Waals surface area contributed by atoms with Crippen LogP contribution < -0.4 is 4.74 Å². The van der Waals surface area contributed by atoms with Crippen molar-refractivity contribution in [3.8, 4) is 5.75 Å². The van der Waals surface area contributed by atoms with E-state index in [0.29, 0.717) is 24.6 Å². The molecule has 10 heteroatoms. The molecule has 5 rings (SSSR count). The number of alkyl halides is 3. The van der Waals surface area contributed by atoms with Gasteiger partial charge in [0.2, 0.25) is 0 Å². The number of piperidine rings is 1. The van der Waals surface area contributed by atoms with E-state index in [0.717, 1.165) is 54.9 Å². The van der Waals surface area contributed by atoms with Gasteiger partial charge in [0.1, 0.15) is 17.1 Å². The molecule has 0 bridgehead atoms. The number of rotatable bonds is 4. The van der Waals surface area contributed by atoms with Crippen LogP contribution in [0.25, 0.3) is 11.2 Å². The monoisotopic (exact) mass is 473 g/mol. The molecule has 0 radical (unpaired) electrons. The van der Waals surface area contributed by atoms with E-state index in [2.05, 4.69) is 26.7 Å². The Morgan fingerprint density at radius 3 is 2.41 bits per heavy atom. The largest absolute Gasteiger partial charge is 0.573 e. The van der Waals surface area contributed by atoms with Crippen molar-refractivity contribution in [3.63, 3.8) is 0 Å². The van der Waals surface area contributed by atoms with Crippen LogP contribution in [0.15, 0.2) is 36.5 Å². The van der Waals surface area contributed by atoms with E-state index in [9.17, 15) is 18.0 Å². The molecule has 2 saturated heterocycles. The van der Waals surface area contributed by atoms with Crippen LogP contribution in [0, 0.1) is 0 Å². The SMILES string of the molecule is CN1CC[C@H](c2nc3c(C4CCN(C(=O)c5ccc(OC(F)(F)F)cc5)CC4)ccnc3[nH]2)C1. The summed E-state index contributed by atoms with van der Waals surface area (Å²) >= 11 is 0. The van der Waals surface area contributed by atoms with Crippen LogP contribution in [0.4, 0.5) is 13.2 Å². The van der Waals surface area contributed by atoms with Gasteiger partial charge in [-0.05, 0) is 74.7 Å². The summed E-state index contributed by atoms with van der Waals surface area (Å²) in [4.78, 5) is 29.7. The van der Waals surface area contributed by atoms with Gasteiger partial charge in [0.15, 0.2) is 5.65 Å². The van der Waals surface area contributed by atoms with Crippen LogP contribution in [0.2, 0.25) is 0 Å². The van der Waals surface area contributed by atoms with Crippen molar-refractivity contribution >= 4 is 17.1 Å². The first kappa shape index (κ1) is 22.6. The van der Waals surface area contributed by atoms with Gasteiger partial charge >= 0.3 is 6.36 Å². The fourth-order valence-corrected chi connectivity index (χ4v) is 5.00. The highest BCUT2D eigenvalue weighted by Crippen LogP contribution is 2.34. The van der Waals surface area contributed by atoms with Gasteiger partial charge in [0, 0.05) is 37.3 Å². The fourth-order valence-electron chi connectivity index (χ4n) is 5.00. The third-order valence-electron chi connectivity index (χ3n) is 6.77. The maximum Gasteiger partial charge on any atom is 0.573 e. The second-order valence-electron chi connectivity index (χ2n) is 9.11. The molecule has 180 valence electrons. The zero-order chi connectivity index (χ0) is 23.9.